The highest BCUT2D eigenvalue weighted by Crippen LogP contribution is 2.30. The number of alkyl halides is 1. The van der Waals surface area contributed by atoms with Crippen LogP contribution in [0, 0.1) is 5.82 Å². The number of nitrogen functional groups attached to an aromatic ring is 1. The lowest BCUT2D eigenvalue weighted by Gasteiger charge is -2.15. The van der Waals surface area contributed by atoms with Crippen LogP contribution in [0.15, 0.2) is 11.0 Å². The third kappa shape index (κ3) is 1.96. The van der Waals surface area contributed by atoms with Crippen LogP contribution in [-0.2, 0) is 4.74 Å². The van der Waals surface area contributed by atoms with E-state index < -0.39 is 48.5 Å². The van der Waals surface area contributed by atoms with Crippen LogP contribution in [0.1, 0.15) is 6.23 Å². The minimum atomic E-state index is -1.98. The van der Waals surface area contributed by atoms with Crippen molar-refractivity contribution in [3.05, 3.63) is 22.5 Å². The van der Waals surface area contributed by atoms with Gasteiger partial charge in [0.25, 0.3) is 0 Å². The first-order valence-electron chi connectivity index (χ1n) is 5.08. The fourth-order valence-corrected chi connectivity index (χ4v) is 1.72. The molecule has 0 aliphatic carbocycles. The summed E-state index contributed by atoms with van der Waals surface area (Å²) in [6.07, 6.45) is -5.67. The van der Waals surface area contributed by atoms with Crippen molar-refractivity contribution >= 4 is 5.82 Å². The van der Waals surface area contributed by atoms with Crippen molar-refractivity contribution in [1.29, 1.82) is 0 Å². The lowest BCUT2D eigenvalue weighted by Crippen LogP contribution is -2.34. The van der Waals surface area contributed by atoms with E-state index in [1.807, 2.05) is 0 Å². The fraction of sp³-hybridized carbons (Fsp3) is 0.556. The summed E-state index contributed by atoms with van der Waals surface area (Å²) in [5.74, 6) is -1.61. The summed E-state index contributed by atoms with van der Waals surface area (Å²) >= 11 is 0. The fourth-order valence-electron chi connectivity index (χ4n) is 1.72. The van der Waals surface area contributed by atoms with Crippen LogP contribution in [0.2, 0.25) is 0 Å². The third-order valence-corrected chi connectivity index (χ3v) is 2.68. The minimum absolute atomic E-state index is 0.551. The average Bonchev–Trinajstić information content (AvgIpc) is 2.61. The monoisotopic (exact) mass is 263 g/mol. The van der Waals surface area contributed by atoms with Gasteiger partial charge >= 0.3 is 5.69 Å². The third-order valence-electron chi connectivity index (χ3n) is 2.68. The summed E-state index contributed by atoms with van der Waals surface area (Å²) in [5, 5.41) is 18.2. The van der Waals surface area contributed by atoms with Crippen molar-refractivity contribution in [3.63, 3.8) is 0 Å². The molecule has 0 aromatic carbocycles. The Morgan fingerprint density at radius 1 is 1.61 bits per heavy atom. The number of rotatable bonds is 2. The zero-order chi connectivity index (χ0) is 13.4. The van der Waals surface area contributed by atoms with Crippen molar-refractivity contribution < 1.29 is 23.7 Å². The predicted octanol–water partition coefficient (Wildman–Crippen LogP) is -1.45. The van der Waals surface area contributed by atoms with Gasteiger partial charge in [-0.3, -0.25) is 4.57 Å². The van der Waals surface area contributed by atoms with Crippen molar-refractivity contribution in [3.8, 4) is 0 Å². The molecule has 0 bridgehead atoms. The van der Waals surface area contributed by atoms with Gasteiger partial charge in [0.1, 0.15) is 12.2 Å². The van der Waals surface area contributed by atoms with Crippen molar-refractivity contribution in [2.75, 3.05) is 12.3 Å². The molecule has 0 amide bonds. The van der Waals surface area contributed by atoms with Crippen LogP contribution in [0.5, 0.6) is 0 Å². The topological polar surface area (TPSA) is 111 Å². The second-order valence-corrected chi connectivity index (χ2v) is 3.85. The normalized spacial score (nSPS) is 31.8. The molecule has 2 rings (SSSR count). The summed E-state index contributed by atoms with van der Waals surface area (Å²) < 4.78 is 32.4. The molecule has 2 heterocycles. The maximum atomic E-state index is 13.7. The molecule has 0 saturated carbocycles. The van der Waals surface area contributed by atoms with Gasteiger partial charge in [-0.2, -0.15) is 4.98 Å². The molecule has 1 unspecified atom stereocenters. The Morgan fingerprint density at radius 2 is 2.28 bits per heavy atom. The summed E-state index contributed by atoms with van der Waals surface area (Å²) in [5.41, 5.74) is 4.07. The molecule has 9 heteroatoms. The highest BCUT2D eigenvalue weighted by molar-refractivity contribution is 5.26. The van der Waals surface area contributed by atoms with Crippen LogP contribution in [0.25, 0.3) is 0 Å². The maximum absolute atomic E-state index is 13.7. The maximum Gasteiger partial charge on any atom is 0.351 e. The first kappa shape index (κ1) is 12.9. The average molecular weight is 263 g/mol. The Hall–Kier alpha value is -1.58. The first-order chi connectivity index (χ1) is 8.45. The Kier molecular flexibility index (Phi) is 3.28. The van der Waals surface area contributed by atoms with Crippen LogP contribution in [0.4, 0.5) is 14.6 Å². The number of hydrogen-bond acceptors (Lipinski definition) is 6. The van der Waals surface area contributed by atoms with E-state index >= 15 is 0 Å². The van der Waals surface area contributed by atoms with Gasteiger partial charge in [0.05, 0.1) is 12.8 Å². The zero-order valence-electron chi connectivity index (χ0n) is 9.03. The number of aromatic nitrogens is 2. The van der Waals surface area contributed by atoms with Gasteiger partial charge in [-0.25, -0.2) is 13.6 Å². The highest BCUT2D eigenvalue weighted by atomic mass is 19.1. The number of anilines is 1. The quantitative estimate of drug-likeness (QED) is 0.602. The Morgan fingerprint density at radius 3 is 2.83 bits per heavy atom. The lowest BCUT2D eigenvalue weighted by atomic mass is 10.1. The molecule has 1 aromatic heterocycles. The summed E-state index contributed by atoms with van der Waals surface area (Å²) in [4.78, 5) is 14.6. The Labute approximate surface area is 99.4 Å². The molecule has 1 aliphatic heterocycles. The van der Waals surface area contributed by atoms with Gasteiger partial charge < -0.3 is 20.7 Å². The molecule has 1 aromatic rings. The van der Waals surface area contributed by atoms with E-state index in [-0.39, 0.29) is 0 Å². The Bertz CT molecular complexity index is 509. The lowest BCUT2D eigenvalue weighted by molar-refractivity contribution is -0.0494. The van der Waals surface area contributed by atoms with Crippen LogP contribution in [-0.4, -0.2) is 44.8 Å². The van der Waals surface area contributed by atoms with Gasteiger partial charge in [-0.15, -0.1) is 0 Å². The molecule has 1 aliphatic rings. The van der Waals surface area contributed by atoms with Crippen LogP contribution in [0.3, 0.4) is 0 Å². The molecule has 100 valence electrons. The van der Waals surface area contributed by atoms with Crippen molar-refractivity contribution in [2.45, 2.75) is 24.6 Å². The second kappa shape index (κ2) is 4.59. The SMILES string of the molecule is Nc1nc(=O)n([C@@H]2O[C@H](CO)C(O)[C@@H]2F)cc1F. The number of aliphatic hydroxyl groups excluding tert-OH is 2. The van der Waals surface area contributed by atoms with Gasteiger partial charge in [0, 0.05) is 0 Å². The van der Waals surface area contributed by atoms with E-state index in [2.05, 4.69) is 4.98 Å². The minimum Gasteiger partial charge on any atom is -0.394 e. The summed E-state index contributed by atoms with van der Waals surface area (Å²) in [6, 6.07) is 0. The van der Waals surface area contributed by atoms with Gasteiger partial charge in [0.15, 0.2) is 24.0 Å². The van der Waals surface area contributed by atoms with Gasteiger partial charge in [-0.05, 0) is 0 Å². The molecule has 4 N–H and O–H groups in total. The molecule has 0 spiro atoms. The first-order valence-corrected chi connectivity index (χ1v) is 5.08. The molecule has 4 atom stereocenters. The zero-order valence-corrected chi connectivity index (χ0v) is 9.03. The predicted molar refractivity (Wildman–Crippen MR) is 54.8 cm³/mol. The highest BCUT2D eigenvalue weighted by Gasteiger charge is 2.45. The van der Waals surface area contributed by atoms with E-state index in [9.17, 15) is 18.7 Å². The Balaban J connectivity index is 2.39. The number of nitrogens with zero attached hydrogens (tertiary/aromatic N) is 2. The molecule has 0 radical (unpaired) electrons. The molecule has 18 heavy (non-hydrogen) atoms. The second-order valence-electron chi connectivity index (χ2n) is 3.85. The van der Waals surface area contributed by atoms with E-state index in [4.69, 9.17) is 15.6 Å². The van der Waals surface area contributed by atoms with Gasteiger partial charge in [0.2, 0.25) is 0 Å². The standard InChI is InChI=1S/C9H11F2N3O4/c10-3-1-14(9(17)13-7(3)12)8-5(11)6(16)4(2-15)18-8/h1,4-6,8,15-16H,2H2,(H2,12,13,17)/t4-,5+,6?,8-/m1/s1. The number of halogens is 2. The van der Waals surface area contributed by atoms with Crippen molar-refractivity contribution in [1.82, 2.24) is 9.55 Å². The molecular formula is C9H11F2N3O4. The largest absolute Gasteiger partial charge is 0.394 e. The van der Waals surface area contributed by atoms with E-state index in [1.54, 1.807) is 0 Å². The molecule has 1 fully saturated rings. The van der Waals surface area contributed by atoms with Crippen LogP contribution < -0.4 is 11.4 Å². The number of ether oxygens (including phenoxy) is 1. The smallest absolute Gasteiger partial charge is 0.351 e. The van der Waals surface area contributed by atoms with Crippen molar-refractivity contribution in [2.24, 2.45) is 0 Å². The number of aliphatic hydroxyl groups is 2. The van der Waals surface area contributed by atoms with E-state index in [0.29, 0.717) is 10.8 Å². The summed E-state index contributed by atoms with van der Waals surface area (Å²) in [6.45, 7) is -0.627. The number of hydrogen-bond donors (Lipinski definition) is 3. The molecule has 7 nitrogen and oxygen atoms in total. The van der Waals surface area contributed by atoms with Crippen LogP contribution >= 0.6 is 0 Å². The van der Waals surface area contributed by atoms with Gasteiger partial charge in [-0.1, -0.05) is 0 Å². The molecular weight excluding hydrogens is 252 g/mol. The van der Waals surface area contributed by atoms with E-state index in [0.717, 1.165) is 0 Å². The van der Waals surface area contributed by atoms with E-state index in [1.165, 1.54) is 0 Å². The molecule has 1 saturated heterocycles. The summed E-state index contributed by atoms with van der Waals surface area (Å²) in [7, 11) is 0. The number of nitrogens with two attached hydrogens (primary N) is 1.